The van der Waals surface area contributed by atoms with Crippen LogP contribution in [0.2, 0.25) is 0 Å². The molecule has 8 aromatic carbocycles. The normalized spacial score (nSPS) is 11.6. The number of rotatable bonds is 7. The summed E-state index contributed by atoms with van der Waals surface area (Å²) in [6.07, 6.45) is -4.75. The average Bonchev–Trinajstić information content (AvgIpc) is 3.92. The molecular formula is C61H35F3N6. The third-order valence-corrected chi connectivity index (χ3v) is 13.0. The lowest BCUT2D eigenvalue weighted by atomic mass is 9.96. The lowest BCUT2D eigenvalue weighted by Crippen LogP contribution is -2.06. The molecule has 330 valence electrons. The zero-order valence-electron chi connectivity index (χ0n) is 37.0. The average molecular weight is 909 g/mol. The van der Waals surface area contributed by atoms with Gasteiger partial charge in [-0.25, -0.2) is 14.8 Å². The molecule has 0 aliphatic carbocycles. The molecule has 9 heteroatoms. The molecule has 0 radical (unpaired) electrons. The second kappa shape index (κ2) is 16.6. The van der Waals surface area contributed by atoms with Crippen LogP contribution in [0.1, 0.15) is 11.1 Å². The number of nitrogens with zero attached hydrogens (tertiary/aromatic N) is 6. The number of para-hydroxylation sites is 2. The van der Waals surface area contributed by atoms with Gasteiger partial charge in [-0.3, -0.25) is 0 Å². The van der Waals surface area contributed by atoms with Crippen LogP contribution in [-0.4, -0.2) is 19.1 Å². The van der Waals surface area contributed by atoms with Crippen LogP contribution in [0.3, 0.4) is 0 Å². The van der Waals surface area contributed by atoms with Gasteiger partial charge < -0.3 is 9.13 Å². The summed E-state index contributed by atoms with van der Waals surface area (Å²) in [5, 5.41) is 15.0. The SMILES string of the molecule is [C-]#[N+]c1cc(-c2cc(-n3c4ccccc4c4ccc(-c5cccc(-c6ccccc6)n5)cc43)c(C#N)cc2-n2c3ccccc3c3ccc(-c4cccc(-c5ccccc5)n4)cc32)cc(C(F)(F)F)c1. The number of fused-ring (bicyclic) bond motifs is 6. The molecule has 70 heavy (non-hydrogen) atoms. The predicted octanol–water partition coefficient (Wildman–Crippen LogP) is 16.4. The Kier molecular flexibility index (Phi) is 9.94. The fourth-order valence-electron chi connectivity index (χ4n) is 9.77. The third kappa shape index (κ3) is 7.13. The Labute approximate surface area is 399 Å². The van der Waals surface area contributed by atoms with E-state index in [2.05, 4.69) is 23.0 Å². The van der Waals surface area contributed by atoms with Crippen molar-refractivity contribution in [3.05, 3.63) is 235 Å². The van der Waals surface area contributed by atoms with Crippen molar-refractivity contribution in [2.45, 2.75) is 6.18 Å². The molecule has 0 N–H and O–H groups in total. The molecule has 4 heterocycles. The number of aromatic nitrogens is 4. The maximum absolute atomic E-state index is 14.8. The van der Waals surface area contributed by atoms with Crippen molar-refractivity contribution < 1.29 is 13.2 Å². The van der Waals surface area contributed by atoms with E-state index in [0.717, 1.165) is 101 Å². The monoisotopic (exact) mass is 908 g/mol. The molecule has 0 unspecified atom stereocenters. The van der Waals surface area contributed by atoms with Gasteiger partial charge in [0.15, 0.2) is 5.69 Å². The number of pyridine rings is 2. The molecule has 0 aliphatic rings. The summed E-state index contributed by atoms with van der Waals surface area (Å²) in [7, 11) is 0. The third-order valence-electron chi connectivity index (χ3n) is 13.0. The first kappa shape index (κ1) is 41.8. The molecule has 0 bridgehead atoms. The highest BCUT2D eigenvalue weighted by molar-refractivity contribution is 6.12. The molecule has 12 rings (SSSR count). The molecule has 0 atom stereocenters. The number of nitriles is 1. The molecular weight excluding hydrogens is 874 g/mol. The van der Waals surface area contributed by atoms with E-state index in [0.29, 0.717) is 16.9 Å². The van der Waals surface area contributed by atoms with Crippen molar-refractivity contribution in [2.75, 3.05) is 0 Å². The molecule has 12 aromatic rings. The van der Waals surface area contributed by atoms with E-state index in [4.69, 9.17) is 16.5 Å². The second-order valence-electron chi connectivity index (χ2n) is 17.1. The predicted molar refractivity (Wildman–Crippen MR) is 274 cm³/mol. The Bertz CT molecular complexity index is 4140. The van der Waals surface area contributed by atoms with Gasteiger partial charge in [-0.15, -0.1) is 0 Å². The summed E-state index contributed by atoms with van der Waals surface area (Å²) in [6, 6.07) is 69.2. The Morgan fingerprint density at radius 2 is 0.900 bits per heavy atom. The quantitative estimate of drug-likeness (QED) is 0.150. The number of hydrogen-bond donors (Lipinski definition) is 0. The second-order valence-corrected chi connectivity index (χ2v) is 17.1. The molecule has 0 saturated heterocycles. The van der Waals surface area contributed by atoms with Crippen LogP contribution >= 0.6 is 0 Å². The molecule has 0 aliphatic heterocycles. The highest BCUT2D eigenvalue weighted by atomic mass is 19.4. The number of alkyl halides is 3. The summed E-state index contributed by atoms with van der Waals surface area (Å²) < 4.78 is 48.5. The number of hydrogen-bond acceptors (Lipinski definition) is 3. The topological polar surface area (TPSA) is 63.8 Å². The van der Waals surface area contributed by atoms with Crippen LogP contribution in [-0.2, 0) is 6.18 Å². The first-order valence-corrected chi connectivity index (χ1v) is 22.6. The van der Waals surface area contributed by atoms with Gasteiger partial charge in [0.25, 0.3) is 0 Å². The zero-order valence-corrected chi connectivity index (χ0v) is 37.0. The van der Waals surface area contributed by atoms with Crippen LogP contribution in [0.25, 0.3) is 116 Å². The Hall–Kier alpha value is -9.57. The first-order chi connectivity index (χ1) is 34.2. The van der Waals surface area contributed by atoms with Gasteiger partial charge in [0, 0.05) is 54.9 Å². The van der Waals surface area contributed by atoms with E-state index >= 15 is 0 Å². The summed E-state index contributed by atoms with van der Waals surface area (Å²) in [5.74, 6) is 0. The fourth-order valence-corrected chi connectivity index (χ4v) is 9.77. The molecule has 0 fully saturated rings. The number of halogens is 3. The fraction of sp³-hybridized carbons (Fsp3) is 0.0164. The van der Waals surface area contributed by atoms with Crippen LogP contribution in [0, 0.1) is 17.9 Å². The van der Waals surface area contributed by atoms with Crippen molar-refractivity contribution in [2.24, 2.45) is 0 Å². The van der Waals surface area contributed by atoms with Gasteiger partial charge in [0.05, 0.1) is 68.4 Å². The summed E-state index contributed by atoms with van der Waals surface area (Å²) >= 11 is 0. The summed E-state index contributed by atoms with van der Waals surface area (Å²) in [6.45, 7) is 7.94. The lowest BCUT2D eigenvalue weighted by molar-refractivity contribution is -0.137. The van der Waals surface area contributed by atoms with Crippen LogP contribution < -0.4 is 0 Å². The van der Waals surface area contributed by atoms with E-state index in [1.54, 1.807) is 12.1 Å². The van der Waals surface area contributed by atoms with E-state index in [9.17, 15) is 18.4 Å². The van der Waals surface area contributed by atoms with Crippen LogP contribution in [0.5, 0.6) is 0 Å². The van der Waals surface area contributed by atoms with E-state index in [1.807, 2.05) is 179 Å². The van der Waals surface area contributed by atoms with Crippen molar-refractivity contribution >= 4 is 49.3 Å². The Morgan fingerprint density at radius 1 is 0.429 bits per heavy atom. The minimum Gasteiger partial charge on any atom is -0.309 e. The smallest absolute Gasteiger partial charge is 0.309 e. The van der Waals surface area contributed by atoms with Crippen LogP contribution in [0.4, 0.5) is 18.9 Å². The van der Waals surface area contributed by atoms with Gasteiger partial charge in [0.2, 0.25) is 0 Å². The molecule has 0 amide bonds. The Balaban J connectivity index is 1.14. The van der Waals surface area contributed by atoms with Crippen molar-refractivity contribution in [3.63, 3.8) is 0 Å². The molecule has 0 spiro atoms. The van der Waals surface area contributed by atoms with Gasteiger partial charge in [0.1, 0.15) is 6.07 Å². The maximum atomic E-state index is 14.8. The molecule has 4 aromatic heterocycles. The number of benzene rings is 8. The van der Waals surface area contributed by atoms with Crippen molar-refractivity contribution in [3.8, 4) is 73.6 Å². The standard InChI is InChI=1S/C61H35F3N6/c1-66-45-31-42(30-44(35-45)61(62,63)64)50-36-57(69-55-24-10-8-18-46(55)48-28-26-40(32-58(48)69)53-22-12-20-51(67-53)38-14-4-2-5-15-38)43(37-65)34-60(50)70-56-25-11-9-19-47(56)49-29-27-41(33-59(49)70)54-23-13-21-52(68-54)39-16-6-3-7-17-39/h2-36H. The molecule has 0 saturated carbocycles. The zero-order chi connectivity index (χ0) is 47.5. The highest BCUT2D eigenvalue weighted by Crippen LogP contribution is 2.44. The van der Waals surface area contributed by atoms with Gasteiger partial charge >= 0.3 is 6.18 Å². The van der Waals surface area contributed by atoms with E-state index < -0.39 is 11.7 Å². The largest absolute Gasteiger partial charge is 0.415 e. The Morgan fingerprint density at radius 3 is 1.40 bits per heavy atom. The van der Waals surface area contributed by atoms with Gasteiger partial charge in [-0.2, -0.15) is 18.4 Å². The van der Waals surface area contributed by atoms with Gasteiger partial charge in [-0.05, 0) is 84.4 Å². The van der Waals surface area contributed by atoms with Crippen molar-refractivity contribution in [1.29, 1.82) is 5.26 Å². The van der Waals surface area contributed by atoms with Crippen molar-refractivity contribution in [1.82, 2.24) is 19.1 Å². The molecule has 6 nitrogen and oxygen atoms in total. The summed E-state index contributed by atoms with van der Waals surface area (Å²) in [5.41, 5.74) is 10.5. The first-order valence-electron chi connectivity index (χ1n) is 22.6. The minimum absolute atomic E-state index is 0.165. The van der Waals surface area contributed by atoms with Crippen LogP contribution in [0.15, 0.2) is 212 Å². The van der Waals surface area contributed by atoms with Gasteiger partial charge in [-0.1, -0.05) is 133 Å². The summed E-state index contributed by atoms with van der Waals surface area (Å²) in [4.78, 5) is 13.6. The lowest BCUT2D eigenvalue weighted by Gasteiger charge is -2.20. The minimum atomic E-state index is -4.75. The van der Waals surface area contributed by atoms with E-state index in [1.165, 1.54) is 6.07 Å². The highest BCUT2D eigenvalue weighted by Gasteiger charge is 2.32. The van der Waals surface area contributed by atoms with E-state index in [-0.39, 0.29) is 16.8 Å². The maximum Gasteiger partial charge on any atom is 0.415 e.